The van der Waals surface area contributed by atoms with Crippen LogP contribution in [0.5, 0.6) is 0 Å². The lowest BCUT2D eigenvalue weighted by Crippen LogP contribution is -2.10. The van der Waals surface area contributed by atoms with Crippen molar-refractivity contribution in [1.82, 2.24) is 0 Å². The van der Waals surface area contributed by atoms with Crippen molar-refractivity contribution in [2.24, 2.45) is 5.73 Å². The first-order valence-electron chi connectivity index (χ1n) is 5.24. The lowest BCUT2D eigenvalue weighted by molar-refractivity contribution is 0.100. The molecular weight excluding hydrogens is 303 g/mol. The molecule has 0 atom stereocenters. The van der Waals surface area contributed by atoms with Crippen LogP contribution in [0.3, 0.4) is 0 Å². The summed E-state index contributed by atoms with van der Waals surface area (Å²) < 4.78 is 0. The van der Waals surface area contributed by atoms with Crippen LogP contribution in [-0.4, -0.2) is 5.91 Å². The standard InChI is InChI=1S/C13H8Cl2N2OS/c1-6-9(5-16)11(12(19-6)13(17)18)8-3-2-7(14)4-10(8)15/h2-4H,1H3,(H2,17,18). The average Bonchev–Trinajstić information content (AvgIpc) is 2.66. The van der Waals surface area contributed by atoms with E-state index < -0.39 is 5.91 Å². The Morgan fingerprint density at radius 1 is 1.42 bits per heavy atom. The summed E-state index contributed by atoms with van der Waals surface area (Å²) >= 11 is 13.2. The van der Waals surface area contributed by atoms with Gasteiger partial charge >= 0.3 is 0 Å². The maximum absolute atomic E-state index is 11.5. The smallest absolute Gasteiger partial charge is 0.259 e. The van der Waals surface area contributed by atoms with Crippen LogP contribution in [0.25, 0.3) is 11.1 Å². The van der Waals surface area contributed by atoms with Crippen molar-refractivity contribution in [2.45, 2.75) is 6.92 Å². The fourth-order valence-electron chi connectivity index (χ4n) is 1.80. The van der Waals surface area contributed by atoms with Crippen molar-refractivity contribution in [3.05, 3.63) is 43.6 Å². The molecule has 3 nitrogen and oxygen atoms in total. The maximum atomic E-state index is 11.5. The van der Waals surface area contributed by atoms with Crippen molar-refractivity contribution in [2.75, 3.05) is 0 Å². The predicted molar refractivity (Wildman–Crippen MR) is 77.7 cm³/mol. The molecule has 2 aromatic rings. The number of carbonyl (C=O) groups is 1. The summed E-state index contributed by atoms with van der Waals surface area (Å²) in [5.41, 5.74) is 6.85. The highest BCUT2D eigenvalue weighted by Crippen LogP contribution is 2.39. The Balaban J connectivity index is 2.81. The fraction of sp³-hybridized carbons (Fsp3) is 0.0769. The molecule has 0 saturated heterocycles. The van der Waals surface area contributed by atoms with Gasteiger partial charge in [-0.1, -0.05) is 29.3 Å². The lowest BCUT2D eigenvalue weighted by Gasteiger charge is -2.06. The van der Waals surface area contributed by atoms with E-state index in [0.29, 0.717) is 31.6 Å². The van der Waals surface area contributed by atoms with E-state index in [-0.39, 0.29) is 0 Å². The van der Waals surface area contributed by atoms with Crippen LogP contribution in [0.1, 0.15) is 20.1 Å². The Bertz CT molecular complexity index is 716. The molecule has 96 valence electrons. The second-order valence-electron chi connectivity index (χ2n) is 3.84. The van der Waals surface area contributed by atoms with Gasteiger partial charge in [-0.2, -0.15) is 5.26 Å². The first-order valence-corrected chi connectivity index (χ1v) is 6.81. The highest BCUT2D eigenvalue weighted by atomic mass is 35.5. The topological polar surface area (TPSA) is 66.9 Å². The number of nitrogens with two attached hydrogens (primary N) is 1. The summed E-state index contributed by atoms with van der Waals surface area (Å²) in [6, 6.07) is 6.99. The number of nitrogens with zero attached hydrogens (tertiary/aromatic N) is 1. The highest BCUT2D eigenvalue weighted by Gasteiger charge is 2.22. The second-order valence-corrected chi connectivity index (χ2v) is 5.91. The zero-order valence-corrected chi connectivity index (χ0v) is 12.2. The average molecular weight is 311 g/mol. The first kappa shape index (κ1) is 13.9. The minimum absolute atomic E-state index is 0.332. The van der Waals surface area contributed by atoms with E-state index in [9.17, 15) is 10.1 Å². The number of rotatable bonds is 2. The van der Waals surface area contributed by atoms with Gasteiger partial charge in [0.2, 0.25) is 0 Å². The number of carbonyl (C=O) groups excluding carboxylic acids is 1. The molecule has 6 heteroatoms. The minimum Gasteiger partial charge on any atom is -0.365 e. The third kappa shape index (κ3) is 2.45. The number of nitriles is 1. The third-order valence-electron chi connectivity index (χ3n) is 2.62. The predicted octanol–water partition coefficient (Wildman–Crippen LogP) is 4.00. The molecule has 0 aliphatic heterocycles. The van der Waals surface area contributed by atoms with E-state index in [0.717, 1.165) is 4.88 Å². The van der Waals surface area contributed by atoms with Gasteiger partial charge in [0.1, 0.15) is 10.9 Å². The van der Waals surface area contributed by atoms with Crippen molar-refractivity contribution in [3.63, 3.8) is 0 Å². The molecule has 0 aliphatic carbocycles. The minimum atomic E-state index is -0.574. The van der Waals surface area contributed by atoms with Crippen LogP contribution < -0.4 is 5.73 Å². The third-order valence-corrected chi connectivity index (χ3v) is 4.29. The van der Waals surface area contributed by atoms with E-state index >= 15 is 0 Å². The van der Waals surface area contributed by atoms with Crippen LogP contribution in [0, 0.1) is 18.3 Å². The van der Waals surface area contributed by atoms with Gasteiger partial charge in [0.25, 0.3) is 5.91 Å². The summed E-state index contributed by atoms with van der Waals surface area (Å²) in [7, 11) is 0. The van der Waals surface area contributed by atoms with Crippen LogP contribution >= 0.6 is 34.5 Å². The van der Waals surface area contributed by atoms with Crippen LogP contribution in [0.2, 0.25) is 10.0 Å². The number of hydrogen-bond donors (Lipinski definition) is 1. The number of aryl methyl sites for hydroxylation is 1. The Morgan fingerprint density at radius 3 is 2.63 bits per heavy atom. The maximum Gasteiger partial charge on any atom is 0.259 e. The summed E-state index contributed by atoms with van der Waals surface area (Å²) in [5.74, 6) is -0.574. The summed E-state index contributed by atoms with van der Waals surface area (Å²) in [5, 5.41) is 10.1. The summed E-state index contributed by atoms with van der Waals surface area (Å²) in [4.78, 5) is 12.6. The zero-order chi connectivity index (χ0) is 14.2. The van der Waals surface area contributed by atoms with Gasteiger partial charge in [-0.25, -0.2) is 0 Å². The van der Waals surface area contributed by atoms with Crippen LogP contribution in [-0.2, 0) is 0 Å². The van der Waals surface area contributed by atoms with Gasteiger partial charge < -0.3 is 5.73 Å². The molecule has 0 bridgehead atoms. The van der Waals surface area contributed by atoms with Crippen molar-refractivity contribution < 1.29 is 4.79 Å². The summed E-state index contributed by atoms with van der Waals surface area (Å²) in [6.45, 7) is 1.77. The van der Waals surface area contributed by atoms with Crippen molar-refractivity contribution >= 4 is 40.4 Å². The van der Waals surface area contributed by atoms with Crippen LogP contribution in [0.4, 0.5) is 0 Å². The van der Waals surface area contributed by atoms with Gasteiger partial charge in [0.15, 0.2) is 0 Å². The number of halogens is 2. The van der Waals surface area contributed by atoms with Crippen molar-refractivity contribution in [1.29, 1.82) is 5.26 Å². The number of hydrogen-bond acceptors (Lipinski definition) is 3. The molecule has 2 rings (SSSR count). The van der Waals surface area contributed by atoms with E-state index in [1.54, 1.807) is 25.1 Å². The SMILES string of the molecule is Cc1sc(C(N)=O)c(-c2ccc(Cl)cc2Cl)c1C#N. The molecule has 1 aromatic carbocycles. The quantitative estimate of drug-likeness (QED) is 0.911. The fourth-order valence-corrected chi connectivity index (χ4v) is 3.28. The monoisotopic (exact) mass is 310 g/mol. The summed E-state index contributed by atoms with van der Waals surface area (Å²) in [6.07, 6.45) is 0. The van der Waals surface area contributed by atoms with Crippen LogP contribution in [0.15, 0.2) is 18.2 Å². The molecule has 1 aromatic heterocycles. The number of thiophene rings is 1. The molecule has 0 spiro atoms. The first-order chi connectivity index (χ1) is 8.95. The highest BCUT2D eigenvalue weighted by molar-refractivity contribution is 7.14. The molecule has 2 N–H and O–H groups in total. The van der Waals surface area contributed by atoms with Gasteiger partial charge in [0.05, 0.1) is 5.56 Å². The molecule has 0 unspecified atom stereocenters. The van der Waals surface area contributed by atoms with E-state index in [1.165, 1.54) is 11.3 Å². The Morgan fingerprint density at radius 2 is 2.11 bits per heavy atom. The van der Waals surface area contributed by atoms with E-state index in [1.807, 2.05) is 0 Å². The zero-order valence-electron chi connectivity index (χ0n) is 9.83. The van der Waals surface area contributed by atoms with E-state index in [2.05, 4.69) is 6.07 Å². The molecule has 1 amide bonds. The lowest BCUT2D eigenvalue weighted by atomic mass is 10.0. The van der Waals surface area contributed by atoms with Gasteiger partial charge in [-0.05, 0) is 19.1 Å². The molecule has 19 heavy (non-hydrogen) atoms. The largest absolute Gasteiger partial charge is 0.365 e. The Labute approximate surface area is 124 Å². The van der Waals surface area contributed by atoms with E-state index in [4.69, 9.17) is 28.9 Å². The molecule has 1 heterocycles. The van der Waals surface area contributed by atoms with Gasteiger partial charge in [-0.15, -0.1) is 11.3 Å². The van der Waals surface area contributed by atoms with Gasteiger partial charge in [0, 0.05) is 26.0 Å². The molecule has 0 fully saturated rings. The second kappa shape index (κ2) is 5.22. The Kier molecular flexibility index (Phi) is 3.81. The molecule has 0 radical (unpaired) electrons. The molecule has 0 saturated carbocycles. The molecular formula is C13H8Cl2N2OS. The Hall–Kier alpha value is -1.54. The van der Waals surface area contributed by atoms with Crippen molar-refractivity contribution in [3.8, 4) is 17.2 Å². The van der Waals surface area contributed by atoms with Gasteiger partial charge in [-0.3, -0.25) is 4.79 Å². The molecule has 0 aliphatic rings. The number of benzene rings is 1. The normalized spacial score (nSPS) is 10.2. The number of amides is 1. The number of primary amides is 1.